The second kappa shape index (κ2) is 8.66. The minimum atomic E-state index is 0.105. The number of amidine groups is 1. The number of nitrogens with two attached hydrogens (primary N) is 1. The molecule has 0 heterocycles. The van der Waals surface area contributed by atoms with E-state index in [1.165, 1.54) is 0 Å². The number of nitrogens with zero attached hydrogens (tertiary/aromatic N) is 1. The van der Waals surface area contributed by atoms with E-state index in [2.05, 4.69) is 5.16 Å². The molecule has 0 radical (unpaired) electrons. The van der Waals surface area contributed by atoms with Crippen LogP contribution in [0, 0.1) is 0 Å². The molecule has 1 rings (SSSR count). The summed E-state index contributed by atoms with van der Waals surface area (Å²) in [5, 5.41) is 11.7. The zero-order valence-corrected chi connectivity index (χ0v) is 12.1. The van der Waals surface area contributed by atoms with E-state index in [1.807, 2.05) is 12.1 Å². The Kier molecular flexibility index (Phi) is 7.14. The minimum Gasteiger partial charge on any atom is -0.496 e. The van der Waals surface area contributed by atoms with E-state index in [-0.39, 0.29) is 5.84 Å². The van der Waals surface area contributed by atoms with Gasteiger partial charge in [0.05, 0.1) is 7.11 Å². The lowest BCUT2D eigenvalue weighted by molar-refractivity contribution is 0.200. The smallest absolute Gasteiger partial charge is 0.170 e. The summed E-state index contributed by atoms with van der Waals surface area (Å²) in [6.45, 7) is 0.772. The molecule has 0 unspecified atom stereocenters. The van der Waals surface area contributed by atoms with E-state index in [4.69, 9.17) is 20.4 Å². The van der Waals surface area contributed by atoms with Gasteiger partial charge in [-0.15, -0.1) is 0 Å². The Morgan fingerprint density at radius 1 is 1.42 bits per heavy atom. The lowest BCUT2D eigenvalue weighted by atomic mass is 10.1. The molecule has 0 bridgehead atoms. The van der Waals surface area contributed by atoms with Gasteiger partial charge in [-0.3, -0.25) is 0 Å². The first-order valence-electron chi connectivity index (χ1n) is 5.94. The topological polar surface area (TPSA) is 77.1 Å². The summed E-state index contributed by atoms with van der Waals surface area (Å²) in [7, 11) is 3.34. The van der Waals surface area contributed by atoms with Gasteiger partial charge in [-0.25, -0.2) is 0 Å². The van der Waals surface area contributed by atoms with Crippen molar-refractivity contribution in [3.63, 3.8) is 0 Å². The molecule has 6 heteroatoms. The molecule has 0 amide bonds. The molecule has 0 saturated heterocycles. The number of thioether (sulfide) groups is 1. The number of rotatable bonds is 8. The predicted octanol–water partition coefficient (Wildman–Crippen LogP) is 2.06. The first-order valence-corrected chi connectivity index (χ1v) is 7.10. The van der Waals surface area contributed by atoms with Crippen LogP contribution in [0.2, 0.25) is 0 Å². The maximum absolute atomic E-state index is 8.69. The van der Waals surface area contributed by atoms with E-state index in [9.17, 15) is 0 Å². The molecule has 0 aliphatic carbocycles. The maximum Gasteiger partial charge on any atom is 0.170 e. The Labute approximate surface area is 117 Å². The Bertz CT molecular complexity index is 424. The normalized spacial score (nSPS) is 11.6. The van der Waals surface area contributed by atoms with Crippen LogP contribution in [0.5, 0.6) is 5.75 Å². The molecular weight excluding hydrogens is 264 g/mol. The number of oxime groups is 1. The van der Waals surface area contributed by atoms with Gasteiger partial charge in [-0.05, 0) is 30.4 Å². The van der Waals surface area contributed by atoms with Gasteiger partial charge < -0.3 is 20.4 Å². The van der Waals surface area contributed by atoms with Crippen LogP contribution in [-0.2, 0) is 10.5 Å². The number of ether oxygens (including phenoxy) is 2. The minimum absolute atomic E-state index is 0.105. The van der Waals surface area contributed by atoms with Gasteiger partial charge in [-0.2, -0.15) is 11.8 Å². The fourth-order valence-corrected chi connectivity index (χ4v) is 2.51. The van der Waals surface area contributed by atoms with Crippen molar-refractivity contribution in [3.8, 4) is 5.75 Å². The van der Waals surface area contributed by atoms with Gasteiger partial charge in [0.15, 0.2) is 5.84 Å². The Morgan fingerprint density at radius 2 is 2.21 bits per heavy atom. The summed E-state index contributed by atoms with van der Waals surface area (Å²) in [5.41, 5.74) is 7.31. The highest BCUT2D eigenvalue weighted by molar-refractivity contribution is 7.98. The summed E-state index contributed by atoms with van der Waals surface area (Å²) < 4.78 is 10.3. The molecule has 106 valence electrons. The molecular formula is C13H20N2O3S. The molecule has 0 aromatic heterocycles. The summed E-state index contributed by atoms with van der Waals surface area (Å²) in [6.07, 6.45) is 1.02. The number of methoxy groups -OCH3 is 2. The van der Waals surface area contributed by atoms with Crippen LogP contribution in [0.15, 0.2) is 23.4 Å². The van der Waals surface area contributed by atoms with Crippen LogP contribution < -0.4 is 10.5 Å². The third-order valence-corrected chi connectivity index (χ3v) is 3.67. The fraction of sp³-hybridized carbons (Fsp3) is 0.462. The third-order valence-electron chi connectivity index (χ3n) is 2.58. The standard InChI is InChI=1S/C13H20N2O3S/c1-17-6-3-7-19-9-11-8-10(13(14)15-16)4-5-12(11)18-2/h4-5,8,16H,3,6-7,9H2,1-2H3,(H2,14,15). The first kappa shape index (κ1) is 15.7. The number of hydrogen-bond acceptors (Lipinski definition) is 5. The van der Waals surface area contributed by atoms with Gasteiger partial charge >= 0.3 is 0 Å². The lowest BCUT2D eigenvalue weighted by Crippen LogP contribution is -2.13. The lowest BCUT2D eigenvalue weighted by Gasteiger charge is -2.10. The monoisotopic (exact) mass is 284 g/mol. The van der Waals surface area contributed by atoms with Crippen molar-refractivity contribution >= 4 is 17.6 Å². The van der Waals surface area contributed by atoms with E-state index in [0.717, 1.165) is 35.8 Å². The van der Waals surface area contributed by atoms with Crippen molar-refractivity contribution in [1.82, 2.24) is 0 Å². The van der Waals surface area contributed by atoms with E-state index in [0.29, 0.717) is 5.56 Å². The van der Waals surface area contributed by atoms with Crippen molar-refractivity contribution in [1.29, 1.82) is 0 Å². The summed E-state index contributed by atoms with van der Waals surface area (Å²) in [6, 6.07) is 5.49. The van der Waals surface area contributed by atoms with Gasteiger partial charge in [0.25, 0.3) is 0 Å². The van der Waals surface area contributed by atoms with Crippen LogP contribution in [0.25, 0.3) is 0 Å². The average molecular weight is 284 g/mol. The van der Waals surface area contributed by atoms with Gasteiger partial charge in [0, 0.05) is 30.6 Å². The van der Waals surface area contributed by atoms with E-state index < -0.39 is 0 Å². The fourth-order valence-electron chi connectivity index (χ4n) is 1.60. The highest BCUT2D eigenvalue weighted by Crippen LogP contribution is 2.24. The number of benzene rings is 1. The second-order valence-corrected chi connectivity index (χ2v) is 5.02. The van der Waals surface area contributed by atoms with Crippen LogP contribution in [-0.4, -0.2) is 37.6 Å². The van der Waals surface area contributed by atoms with Crippen LogP contribution >= 0.6 is 11.8 Å². The van der Waals surface area contributed by atoms with Crippen LogP contribution in [0.1, 0.15) is 17.5 Å². The Balaban J connectivity index is 2.68. The third kappa shape index (κ3) is 5.00. The number of hydrogen-bond donors (Lipinski definition) is 2. The average Bonchev–Trinajstić information content (AvgIpc) is 2.46. The molecule has 0 aliphatic heterocycles. The second-order valence-electron chi connectivity index (χ2n) is 3.91. The zero-order valence-electron chi connectivity index (χ0n) is 11.3. The van der Waals surface area contributed by atoms with Gasteiger partial charge in [0.2, 0.25) is 0 Å². The molecule has 0 atom stereocenters. The summed E-state index contributed by atoms with van der Waals surface area (Å²) in [5.74, 6) is 2.76. The highest BCUT2D eigenvalue weighted by atomic mass is 32.2. The Morgan fingerprint density at radius 3 is 2.84 bits per heavy atom. The predicted molar refractivity (Wildman–Crippen MR) is 78.2 cm³/mol. The molecule has 0 saturated carbocycles. The molecule has 3 N–H and O–H groups in total. The summed E-state index contributed by atoms with van der Waals surface area (Å²) in [4.78, 5) is 0. The van der Waals surface area contributed by atoms with Crippen molar-refractivity contribution < 1.29 is 14.7 Å². The van der Waals surface area contributed by atoms with Gasteiger partial charge in [-0.1, -0.05) is 5.16 Å². The van der Waals surface area contributed by atoms with E-state index >= 15 is 0 Å². The van der Waals surface area contributed by atoms with Crippen molar-refractivity contribution in [2.45, 2.75) is 12.2 Å². The molecule has 1 aromatic carbocycles. The first-order chi connectivity index (χ1) is 9.22. The summed E-state index contributed by atoms with van der Waals surface area (Å²) >= 11 is 1.80. The molecule has 5 nitrogen and oxygen atoms in total. The van der Waals surface area contributed by atoms with E-state index in [1.54, 1.807) is 32.0 Å². The SMILES string of the molecule is COCCCSCc1cc(/C(N)=N/O)ccc1OC. The van der Waals surface area contributed by atoms with Gasteiger partial charge in [0.1, 0.15) is 5.75 Å². The van der Waals surface area contributed by atoms with Crippen molar-refractivity contribution in [3.05, 3.63) is 29.3 Å². The molecule has 0 aliphatic rings. The molecule has 1 aromatic rings. The Hall–Kier alpha value is -1.40. The molecule has 0 spiro atoms. The molecule has 0 fully saturated rings. The largest absolute Gasteiger partial charge is 0.496 e. The van der Waals surface area contributed by atoms with Crippen molar-refractivity contribution in [2.24, 2.45) is 10.9 Å². The molecule has 19 heavy (non-hydrogen) atoms. The highest BCUT2D eigenvalue weighted by Gasteiger charge is 2.07. The quantitative estimate of drug-likeness (QED) is 0.251. The zero-order chi connectivity index (χ0) is 14.1. The van der Waals surface area contributed by atoms with Crippen LogP contribution in [0.3, 0.4) is 0 Å². The van der Waals surface area contributed by atoms with Crippen molar-refractivity contribution in [2.75, 3.05) is 26.6 Å². The van der Waals surface area contributed by atoms with Crippen LogP contribution in [0.4, 0.5) is 0 Å². The maximum atomic E-state index is 8.69.